The Morgan fingerprint density at radius 3 is 2.83 bits per heavy atom. The summed E-state index contributed by atoms with van der Waals surface area (Å²) in [5.41, 5.74) is 2.20. The van der Waals surface area contributed by atoms with Crippen molar-refractivity contribution < 1.29 is 4.79 Å². The summed E-state index contributed by atoms with van der Waals surface area (Å²) in [7, 11) is 1.79. The van der Waals surface area contributed by atoms with E-state index in [9.17, 15) is 4.79 Å². The van der Waals surface area contributed by atoms with Crippen molar-refractivity contribution in [1.29, 1.82) is 0 Å². The second-order valence-electron chi connectivity index (χ2n) is 8.30. The molecule has 1 amide bonds. The summed E-state index contributed by atoms with van der Waals surface area (Å²) in [5.74, 6) is 1.38. The summed E-state index contributed by atoms with van der Waals surface area (Å²) in [5, 5.41) is 11.2. The van der Waals surface area contributed by atoms with E-state index in [0.29, 0.717) is 12.5 Å². The molecule has 1 saturated carbocycles. The molecule has 1 aromatic carbocycles. The van der Waals surface area contributed by atoms with Gasteiger partial charge >= 0.3 is 0 Å². The highest BCUT2D eigenvalue weighted by molar-refractivity contribution is 5.81. The Labute approximate surface area is 178 Å². The van der Waals surface area contributed by atoms with Crippen LogP contribution in [-0.4, -0.2) is 52.7 Å². The molecule has 1 atom stereocenters. The maximum absolute atomic E-state index is 12.8. The van der Waals surface area contributed by atoms with Crippen molar-refractivity contribution in [2.45, 2.75) is 51.1 Å². The SMILES string of the molecule is CN=C(NCc1cccc(-n2cccn2)c1)NC1CCN(C(=O)C2CCCCC2)C1. The fourth-order valence-corrected chi connectivity index (χ4v) is 4.49. The third-order valence-electron chi connectivity index (χ3n) is 6.16. The summed E-state index contributed by atoms with van der Waals surface area (Å²) < 4.78 is 1.85. The van der Waals surface area contributed by atoms with Crippen LogP contribution in [0.15, 0.2) is 47.7 Å². The van der Waals surface area contributed by atoms with Crippen LogP contribution in [0.3, 0.4) is 0 Å². The van der Waals surface area contributed by atoms with E-state index in [1.165, 1.54) is 19.3 Å². The van der Waals surface area contributed by atoms with Gasteiger partial charge in [-0.1, -0.05) is 31.4 Å². The van der Waals surface area contributed by atoms with Gasteiger partial charge in [-0.2, -0.15) is 5.10 Å². The zero-order valence-corrected chi connectivity index (χ0v) is 17.8. The zero-order valence-electron chi connectivity index (χ0n) is 17.8. The van der Waals surface area contributed by atoms with Gasteiger partial charge in [0.15, 0.2) is 5.96 Å². The van der Waals surface area contributed by atoms with Gasteiger partial charge in [0, 0.05) is 51.0 Å². The van der Waals surface area contributed by atoms with Gasteiger partial charge in [-0.3, -0.25) is 9.79 Å². The van der Waals surface area contributed by atoms with Crippen LogP contribution >= 0.6 is 0 Å². The number of aromatic nitrogens is 2. The smallest absolute Gasteiger partial charge is 0.225 e. The summed E-state index contributed by atoms with van der Waals surface area (Å²) in [6.45, 7) is 2.28. The van der Waals surface area contributed by atoms with Gasteiger partial charge in [0.1, 0.15) is 0 Å². The predicted molar refractivity (Wildman–Crippen MR) is 118 cm³/mol. The first-order valence-corrected chi connectivity index (χ1v) is 11.1. The Balaban J connectivity index is 1.27. The molecule has 1 unspecified atom stereocenters. The number of carbonyl (C=O) groups excluding carboxylic acids is 1. The normalized spacial score (nSPS) is 20.4. The van der Waals surface area contributed by atoms with Gasteiger partial charge in [-0.05, 0) is 43.0 Å². The predicted octanol–water partition coefficient (Wildman–Crippen LogP) is 2.72. The van der Waals surface area contributed by atoms with Crippen molar-refractivity contribution in [3.8, 4) is 5.69 Å². The lowest BCUT2D eigenvalue weighted by molar-refractivity contribution is -0.135. The fourth-order valence-electron chi connectivity index (χ4n) is 4.49. The van der Waals surface area contributed by atoms with Crippen LogP contribution in [0.25, 0.3) is 5.69 Å². The van der Waals surface area contributed by atoms with Crippen LogP contribution in [0.5, 0.6) is 0 Å². The highest BCUT2D eigenvalue weighted by Gasteiger charge is 2.31. The molecule has 1 aliphatic carbocycles. The second kappa shape index (κ2) is 9.78. The molecule has 2 N–H and O–H groups in total. The number of carbonyl (C=O) groups is 1. The summed E-state index contributed by atoms with van der Waals surface area (Å²) in [6, 6.07) is 10.5. The van der Waals surface area contributed by atoms with Gasteiger partial charge in [0.05, 0.1) is 5.69 Å². The zero-order chi connectivity index (χ0) is 20.8. The van der Waals surface area contributed by atoms with Crippen molar-refractivity contribution in [2.24, 2.45) is 10.9 Å². The standard InChI is InChI=1S/C23H32N6O/c1-24-23(25-16-18-7-5-10-21(15-18)29-13-6-12-26-29)27-20-11-14-28(17-20)22(30)19-8-3-2-4-9-19/h5-7,10,12-13,15,19-20H,2-4,8-9,11,14,16-17H2,1H3,(H2,24,25,27). The Morgan fingerprint density at radius 2 is 2.07 bits per heavy atom. The molecule has 1 saturated heterocycles. The van der Waals surface area contributed by atoms with Crippen LogP contribution in [0.1, 0.15) is 44.1 Å². The number of nitrogens with zero attached hydrogens (tertiary/aromatic N) is 4. The van der Waals surface area contributed by atoms with Crippen LogP contribution < -0.4 is 10.6 Å². The molecule has 7 nitrogen and oxygen atoms in total. The number of hydrogen-bond acceptors (Lipinski definition) is 3. The Kier molecular flexibility index (Phi) is 6.67. The summed E-state index contributed by atoms with van der Waals surface area (Å²) in [4.78, 5) is 19.2. The third-order valence-corrected chi connectivity index (χ3v) is 6.16. The minimum Gasteiger partial charge on any atom is -0.352 e. The molecule has 2 heterocycles. The minimum absolute atomic E-state index is 0.247. The molecule has 1 aromatic heterocycles. The van der Waals surface area contributed by atoms with E-state index in [0.717, 1.165) is 49.6 Å². The lowest BCUT2D eigenvalue weighted by Crippen LogP contribution is -2.45. The monoisotopic (exact) mass is 408 g/mol. The van der Waals surface area contributed by atoms with Gasteiger partial charge < -0.3 is 15.5 Å². The molecule has 2 aliphatic rings. The number of amides is 1. The van der Waals surface area contributed by atoms with Gasteiger partial charge in [-0.15, -0.1) is 0 Å². The lowest BCUT2D eigenvalue weighted by atomic mass is 9.88. The molecule has 4 rings (SSSR count). The first kappa shape index (κ1) is 20.4. The fraction of sp³-hybridized carbons (Fsp3) is 0.522. The molecule has 7 heteroatoms. The Bertz CT molecular complexity index is 856. The number of rotatable bonds is 5. The maximum atomic E-state index is 12.8. The van der Waals surface area contributed by atoms with E-state index in [1.807, 2.05) is 29.1 Å². The van der Waals surface area contributed by atoms with Crippen LogP contribution in [0.4, 0.5) is 0 Å². The Morgan fingerprint density at radius 1 is 1.20 bits per heavy atom. The van der Waals surface area contributed by atoms with E-state index in [4.69, 9.17) is 0 Å². The van der Waals surface area contributed by atoms with Gasteiger partial charge in [0.25, 0.3) is 0 Å². The first-order chi connectivity index (χ1) is 14.7. The first-order valence-electron chi connectivity index (χ1n) is 11.1. The van der Waals surface area contributed by atoms with Crippen molar-refractivity contribution in [1.82, 2.24) is 25.3 Å². The van der Waals surface area contributed by atoms with Crippen LogP contribution in [0, 0.1) is 5.92 Å². The van der Waals surface area contributed by atoms with E-state index in [-0.39, 0.29) is 12.0 Å². The molecule has 1 aliphatic heterocycles. The molecule has 30 heavy (non-hydrogen) atoms. The largest absolute Gasteiger partial charge is 0.352 e. The molecule has 0 radical (unpaired) electrons. The molecular formula is C23H32N6O. The van der Waals surface area contributed by atoms with E-state index in [2.05, 4.69) is 37.8 Å². The second-order valence-corrected chi connectivity index (χ2v) is 8.30. The van der Waals surface area contributed by atoms with Crippen molar-refractivity contribution in [3.05, 3.63) is 48.3 Å². The number of guanidine groups is 1. The highest BCUT2D eigenvalue weighted by atomic mass is 16.2. The van der Waals surface area contributed by atoms with Crippen molar-refractivity contribution in [3.63, 3.8) is 0 Å². The molecule has 2 fully saturated rings. The van der Waals surface area contributed by atoms with E-state index >= 15 is 0 Å². The molecule has 160 valence electrons. The quantitative estimate of drug-likeness (QED) is 0.589. The minimum atomic E-state index is 0.247. The molecular weight excluding hydrogens is 376 g/mol. The Hall–Kier alpha value is -2.83. The van der Waals surface area contributed by atoms with Crippen LogP contribution in [-0.2, 0) is 11.3 Å². The highest BCUT2D eigenvalue weighted by Crippen LogP contribution is 2.26. The molecule has 0 bridgehead atoms. The average molecular weight is 409 g/mol. The van der Waals surface area contributed by atoms with Gasteiger partial charge in [0.2, 0.25) is 5.91 Å². The maximum Gasteiger partial charge on any atom is 0.225 e. The molecule has 2 aromatic rings. The number of nitrogens with one attached hydrogen (secondary N) is 2. The summed E-state index contributed by atoms with van der Waals surface area (Å²) >= 11 is 0. The number of aliphatic imine (C=N–C) groups is 1. The number of benzene rings is 1. The van der Waals surface area contributed by atoms with Gasteiger partial charge in [-0.25, -0.2) is 4.68 Å². The van der Waals surface area contributed by atoms with Crippen molar-refractivity contribution >= 4 is 11.9 Å². The number of hydrogen-bond donors (Lipinski definition) is 2. The van der Waals surface area contributed by atoms with Crippen molar-refractivity contribution in [2.75, 3.05) is 20.1 Å². The lowest BCUT2D eigenvalue weighted by Gasteiger charge is -2.26. The topological polar surface area (TPSA) is 74.6 Å². The summed E-state index contributed by atoms with van der Waals surface area (Å²) in [6.07, 6.45) is 10.5. The van der Waals surface area contributed by atoms with E-state index in [1.54, 1.807) is 13.2 Å². The third kappa shape index (κ3) is 5.01. The van der Waals surface area contributed by atoms with E-state index < -0.39 is 0 Å². The molecule has 0 spiro atoms. The average Bonchev–Trinajstić information content (AvgIpc) is 3.49. The number of likely N-dealkylation sites (tertiary alicyclic amines) is 1. The van der Waals surface area contributed by atoms with Crippen LogP contribution in [0.2, 0.25) is 0 Å².